The third-order valence-corrected chi connectivity index (χ3v) is 6.18. The number of benzene rings is 1. The van der Waals surface area contributed by atoms with Crippen molar-refractivity contribution in [1.82, 2.24) is 14.8 Å². The maximum Gasteiger partial charge on any atom is 0.410 e. The second-order valence-corrected chi connectivity index (χ2v) is 10.3. The highest BCUT2D eigenvalue weighted by atomic mass is 35.5. The smallest absolute Gasteiger partial charge is 0.410 e. The molecule has 2 N–H and O–H groups in total. The van der Waals surface area contributed by atoms with E-state index in [0.717, 1.165) is 12.1 Å². The van der Waals surface area contributed by atoms with Crippen molar-refractivity contribution in [3.05, 3.63) is 51.9 Å². The van der Waals surface area contributed by atoms with Crippen LogP contribution in [0.4, 0.5) is 9.18 Å². The number of carbonyl (C=O) groups is 1. The van der Waals surface area contributed by atoms with Crippen LogP contribution in [0, 0.1) is 5.82 Å². The van der Waals surface area contributed by atoms with Gasteiger partial charge in [-0.1, -0.05) is 35.3 Å². The van der Waals surface area contributed by atoms with Gasteiger partial charge in [-0.05, 0) is 52.8 Å². The van der Waals surface area contributed by atoms with Gasteiger partial charge in [-0.2, -0.15) is 4.40 Å². The quantitative estimate of drug-likeness (QED) is 0.235. The van der Waals surface area contributed by atoms with E-state index in [0.29, 0.717) is 24.5 Å². The predicted molar refractivity (Wildman–Crippen MR) is 137 cm³/mol. The number of hydrogen-bond donors (Lipinski definition) is 1. The van der Waals surface area contributed by atoms with Crippen molar-refractivity contribution in [2.75, 3.05) is 13.1 Å². The van der Waals surface area contributed by atoms with E-state index in [9.17, 15) is 9.18 Å². The van der Waals surface area contributed by atoms with Crippen molar-refractivity contribution in [2.45, 2.75) is 52.3 Å². The van der Waals surface area contributed by atoms with E-state index >= 15 is 0 Å². The summed E-state index contributed by atoms with van der Waals surface area (Å²) in [5.74, 6) is 0.0306. The molecule has 184 valence electrons. The zero-order valence-corrected chi connectivity index (χ0v) is 22.0. The number of nitrogens with two attached hydrogens (primary N) is 1. The molecule has 34 heavy (non-hydrogen) atoms. The molecule has 0 spiro atoms. The monoisotopic (exact) mass is 527 g/mol. The van der Waals surface area contributed by atoms with Crippen LogP contribution in [0.15, 0.2) is 34.7 Å². The van der Waals surface area contributed by atoms with Gasteiger partial charge < -0.3 is 14.5 Å². The van der Waals surface area contributed by atoms with Gasteiger partial charge in [-0.3, -0.25) is 5.14 Å². The fraction of sp³-hybridized carbons (Fsp3) is 0.435. The first-order valence-electron chi connectivity index (χ1n) is 10.7. The Morgan fingerprint density at radius 3 is 2.44 bits per heavy atom. The number of piperazine rings is 1. The molecule has 2 aromatic rings. The summed E-state index contributed by atoms with van der Waals surface area (Å²) < 4.78 is 24.3. The molecule has 2 heterocycles. The Morgan fingerprint density at radius 1 is 1.21 bits per heavy atom. The SMILES string of the molecule is C[C@@H]1CN(C(=NSN)c2cc(Cl)c(-c3ccccc3F)nc2Cl)[C@@H](C)CN1C(=O)OC(C)(C)C. The van der Waals surface area contributed by atoms with Crippen molar-refractivity contribution < 1.29 is 13.9 Å². The molecule has 1 aliphatic rings. The molecular weight excluding hydrogens is 500 g/mol. The minimum atomic E-state index is -0.587. The van der Waals surface area contributed by atoms with E-state index in [1.165, 1.54) is 6.07 Å². The van der Waals surface area contributed by atoms with Crippen LogP contribution >= 0.6 is 35.3 Å². The van der Waals surface area contributed by atoms with Gasteiger partial charge in [0.2, 0.25) is 0 Å². The molecule has 1 aliphatic heterocycles. The second-order valence-electron chi connectivity index (χ2n) is 9.14. The minimum Gasteiger partial charge on any atom is -0.444 e. The molecule has 0 saturated carbocycles. The zero-order valence-electron chi connectivity index (χ0n) is 19.7. The number of amides is 1. The van der Waals surface area contributed by atoms with Gasteiger partial charge in [0.05, 0.1) is 28.4 Å². The van der Waals surface area contributed by atoms with E-state index in [2.05, 4.69) is 9.38 Å². The largest absolute Gasteiger partial charge is 0.444 e. The molecule has 0 radical (unpaired) electrons. The van der Waals surface area contributed by atoms with Crippen LogP contribution in [0.3, 0.4) is 0 Å². The lowest BCUT2D eigenvalue weighted by atomic mass is 10.1. The molecule has 1 aromatic carbocycles. The molecular formula is C23H28Cl2FN5O2S. The lowest BCUT2D eigenvalue weighted by molar-refractivity contribution is 0.000530. The average molecular weight is 528 g/mol. The average Bonchev–Trinajstić information content (AvgIpc) is 2.74. The van der Waals surface area contributed by atoms with Crippen molar-refractivity contribution in [2.24, 2.45) is 9.54 Å². The Labute approximate surface area is 213 Å². The first-order chi connectivity index (χ1) is 15.9. The summed E-state index contributed by atoms with van der Waals surface area (Å²) in [6.45, 7) is 10.3. The summed E-state index contributed by atoms with van der Waals surface area (Å²) in [6.07, 6.45) is -0.366. The Kier molecular flexibility index (Phi) is 8.34. The highest BCUT2D eigenvalue weighted by Gasteiger charge is 2.37. The number of ether oxygens (including phenoxy) is 1. The number of pyridine rings is 1. The van der Waals surface area contributed by atoms with Crippen molar-refractivity contribution in [1.29, 1.82) is 0 Å². The Hall–Kier alpha value is -2.07. The minimum absolute atomic E-state index is 0.116. The number of aromatic nitrogens is 1. The number of halogens is 3. The van der Waals surface area contributed by atoms with Crippen LogP contribution in [0.2, 0.25) is 10.2 Å². The second kappa shape index (κ2) is 10.7. The molecule has 3 rings (SSSR count). The molecule has 1 saturated heterocycles. The number of amidine groups is 1. The number of carbonyl (C=O) groups excluding carboxylic acids is 1. The van der Waals surface area contributed by atoms with Crippen molar-refractivity contribution in [3.63, 3.8) is 0 Å². The van der Waals surface area contributed by atoms with Crippen LogP contribution in [-0.2, 0) is 4.74 Å². The van der Waals surface area contributed by atoms with Crippen molar-refractivity contribution in [3.8, 4) is 11.3 Å². The molecule has 1 aromatic heterocycles. The van der Waals surface area contributed by atoms with Gasteiger partial charge in [-0.25, -0.2) is 14.2 Å². The third kappa shape index (κ3) is 5.94. The van der Waals surface area contributed by atoms with Crippen LogP contribution in [0.5, 0.6) is 0 Å². The summed E-state index contributed by atoms with van der Waals surface area (Å²) in [4.78, 5) is 20.8. The summed E-state index contributed by atoms with van der Waals surface area (Å²) in [6, 6.07) is 7.53. The highest BCUT2D eigenvalue weighted by molar-refractivity contribution is 7.95. The van der Waals surface area contributed by atoms with Crippen LogP contribution in [0.1, 0.15) is 40.2 Å². The normalized spacial score (nSPS) is 19.4. The summed E-state index contributed by atoms with van der Waals surface area (Å²) in [5.41, 5.74) is 0.370. The summed E-state index contributed by atoms with van der Waals surface area (Å²) in [7, 11) is 0. The first kappa shape index (κ1) is 26.5. The lowest BCUT2D eigenvalue weighted by Crippen LogP contribution is -2.60. The highest BCUT2D eigenvalue weighted by Crippen LogP contribution is 2.33. The number of rotatable bonds is 3. The molecule has 1 fully saturated rings. The van der Waals surface area contributed by atoms with E-state index in [1.54, 1.807) is 29.2 Å². The third-order valence-electron chi connectivity index (χ3n) is 5.32. The maximum atomic E-state index is 14.3. The fourth-order valence-electron chi connectivity index (χ4n) is 3.77. The van der Waals surface area contributed by atoms with Gasteiger partial charge in [0.25, 0.3) is 0 Å². The Balaban J connectivity index is 1.93. The van der Waals surface area contributed by atoms with Gasteiger partial charge in [0.1, 0.15) is 22.4 Å². The Morgan fingerprint density at radius 2 is 1.82 bits per heavy atom. The van der Waals surface area contributed by atoms with Gasteiger partial charge in [0, 0.05) is 30.7 Å². The van der Waals surface area contributed by atoms with Crippen LogP contribution in [-0.4, -0.2) is 57.5 Å². The molecule has 0 aliphatic carbocycles. The zero-order chi connectivity index (χ0) is 25.2. The van der Waals surface area contributed by atoms with Gasteiger partial charge in [0.15, 0.2) is 0 Å². The first-order valence-corrected chi connectivity index (χ1v) is 12.3. The molecule has 11 heteroatoms. The maximum absolute atomic E-state index is 14.3. The standard InChI is InChI=1S/C23H28Cl2FN5O2S/c1-13-12-31(22(32)33-23(3,4)5)14(2)11-30(13)21(29-34-27)16-10-17(24)19(28-20(16)25)15-8-6-7-9-18(15)26/h6-10,13-14H,11-12,27H2,1-5H3/t13-,14+/m0/s1. The topological polar surface area (TPSA) is 84.0 Å². The van der Waals surface area contributed by atoms with E-state index in [4.69, 9.17) is 33.1 Å². The summed E-state index contributed by atoms with van der Waals surface area (Å²) >= 11 is 13.9. The van der Waals surface area contributed by atoms with Gasteiger partial charge >= 0.3 is 6.09 Å². The van der Waals surface area contributed by atoms with Crippen LogP contribution < -0.4 is 5.14 Å². The van der Waals surface area contributed by atoms with E-state index < -0.39 is 11.4 Å². The molecule has 0 unspecified atom stereocenters. The van der Waals surface area contributed by atoms with E-state index in [-0.39, 0.29) is 39.6 Å². The summed E-state index contributed by atoms with van der Waals surface area (Å²) in [5, 5.41) is 6.04. The molecule has 2 atom stereocenters. The van der Waals surface area contributed by atoms with Crippen molar-refractivity contribution >= 4 is 47.3 Å². The lowest BCUT2D eigenvalue weighted by Gasteiger charge is -2.45. The Bertz CT molecular complexity index is 1100. The number of nitrogens with zero attached hydrogens (tertiary/aromatic N) is 4. The van der Waals surface area contributed by atoms with Gasteiger partial charge in [-0.15, -0.1) is 0 Å². The molecule has 7 nitrogen and oxygen atoms in total. The number of hydrogen-bond acceptors (Lipinski definition) is 6. The molecule has 1 amide bonds. The van der Waals surface area contributed by atoms with E-state index in [1.807, 2.05) is 39.5 Å². The molecule has 0 bridgehead atoms. The van der Waals surface area contributed by atoms with Crippen LogP contribution in [0.25, 0.3) is 11.3 Å². The fourth-order valence-corrected chi connectivity index (χ4v) is 4.55. The predicted octanol–water partition coefficient (Wildman–Crippen LogP) is 5.79.